The van der Waals surface area contributed by atoms with E-state index in [1.165, 1.54) is 0 Å². The zero-order valence-electron chi connectivity index (χ0n) is 17.7. The number of nitrogens with zero attached hydrogens (tertiary/aromatic N) is 2. The first-order chi connectivity index (χ1) is 15.4. The van der Waals surface area contributed by atoms with E-state index in [0.717, 1.165) is 5.69 Å². The second-order valence-electron chi connectivity index (χ2n) is 6.80. The average molecular weight is 602 g/mol. The average Bonchev–Trinajstić information content (AvgIpc) is 3.10. The molecule has 12 heteroatoms. The van der Waals surface area contributed by atoms with E-state index < -0.39 is 0 Å². The Bertz CT molecular complexity index is 799. The first kappa shape index (κ1) is 27.2. The Morgan fingerprint density at radius 3 is 2.22 bits per heavy atom. The first-order valence-corrected chi connectivity index (χ1v) is 11.8. The van der Waals surface area contributed by atoms with Crippen LogP contribution in [0.25, 0.3) is 0 Å². The normalized spacial score (nSPS) is 15.7. The molecule has 0 aromatic heterocycles. The van der Waals surface area contributed by atoms with Crippen molar-refractivity contribution in [3.05, 3.63) is 28.2 Å². The summed E-state index contributed by atoms with van der Waals surface area (Å²) in [6.07, 6.45) is 0. The van der Waals surface area contributed by atoms with Gasteiger partial charge in [-0.2, -0.15) is 5.10 Å². The number of anilines is 1. The molecule has 0 bridgehead atoms. The summed E-state index contributed by atoms with van der Waals surface area (Å²) in [5.41, 5.74) is 0.802. The third-order valence-electron chi connectivity index (χ3n) is 4.18. The van der Waals surface area contributed by atoms with Gasteiger partial charge < -0.3 is 24.3 Å². The lowest BCUT2D eigenvalue weighted by Gasteiger charge is -2.14. The van der Waals surface area contributed by atoms with Crippen LogP contribution in [0.4, 0.5) is 5.69 Å². The van der Waals surface area contributed by atoms with E-state index in [4.69, 9.17) is 42.1 Å². The highest BCUT2D eigenvalue weighted by molar-refractivity contribution is 14.1. The van der Waals surface area contributed by atoms with Crippen LogP contribution in [0.3, 0.4) is 0 Å². The first-order valence-electron chi connectivity index (χ1n) is 9.97. The van der Waals surface area contributed by atoms with Crippen LogP contribution < -0.4 is 10.3 Å². The summed E-state index contributed by atoms with van der Waals surface area (Å²) < 4.78 is 21.0. The molecule has 1 aliphatic rings. The summed E-state index contributed by atoms with van der Waals surface area (Å²) in [4.78, 5) is 22.8. The third-order valence-corrected chi connectivity index (χ3v) is 5.23. The van der Waals surface area contributed by atoms with E-state index in [1.807, 2.05) is 13.0 Å². The van der Waals surface area contributed by atoms with Gasteiger partial charge in [-0.25, -0.2) is 0 Å². The van der Waals surface area contributed by atoms with Crippen LogP contribution in [0.15, 0.2) is 23.3 Å². The van der Waals surface area contributed by atoms with E-state index in [2.05, 4.69) is 10.4 Å². The van der Waals surface area contributed by atoms with E-state index in [0.29, 0.717) is 55.5 Å². The van der Waals surface area contributed by atoms with Gasteiger partial charge in [0.05, 0.1) is 61.9 Å². The second-order valence-corrected chi connectivity index (χ2v) is 8.82. The molecule has 0 aliphatic carbocycles. The fourth-order valence-corrected chi connectivity index (χ4v) is 3.14. The number of nitrogens with one attached hydrogen (secondary N) is 1. The molecule has 1 aromatic carbocycles. The number of amidine groups is 1. The fourth-order valence-electron chi connectivity index (χ4n) is 2.63. The summed E-state index contributed by atoms with van der Waals surface area (Å²) in [5, 5.41) is 9.95. The number of rotatable bonds is 14. The number of amides is 1. The molecule has 9 nitrogen and oxygen atoms in total. The van der Waals surface area contributed by atoms with E-state index >= 15 is 0 Å². The molecule has 0 spiro atoms. The van der Waals surface area contributed by atoms with Gasteiger partial charge in [-0.05, 0) is 18.2 Å². The number of hydrazone groups is 1. The molecule has 0 saturated carbocycles. The minimum atomic E-state index is -0.278. The largest absolute Gasteiger partial charge is 0.377 e. The van der Waals surface area contributed by atoms with Gasteiger partial charge in [0.1, 0.15) is 19.0 Å². The van der Waals surface area contributed by atoms with Crippen molar-refractivity contribution in [3.63, 3.8) is 0 Å². The van der Waals surface area contributed by atoms with Crippen LogP contribution in [0, 0.1) is 5.92 Å². The van der Waals surface area contributed by atoms with E-state index in [9.17, 15) is 9.59 Å². The Hall–Kier alpha value is -1.02. The molecular weight excluding hydrogens is 576 g/mol. The van der Waals surface area contributed by atoms with Crippen molar-refractivity contribution >= 4 is 67.0 Å². The number of benzene rings is 1. The monoisotopic (exact) mass is 601 g/mol. The van der Waals surface area contributed by atoms with Gasteiger partial charge in [-0.15, -0.1) is 0 Å². The van der Waals surface area contributed by atoms with Crippen molar-refractivity contribution in [2.45, 2.75) is 6.92 Å². The minimum absolute atomic E-state index is 0.0456. The maximum Gasteiger partial charge on any atom is 0.251 e. The molecule has 1 aromatic rings. The number of ether oxygens (including phenoxy) is 4. The molecule has 1 unspecified atom stereocenters. The van der Waals surface area contributed by atoms with Gasteiger partial charge in [0.25, 0.3) is 5.91 Å². The Morgan fingerprint density at radius 1 is 1.03 bits per heavy atom. The third kappa shape index (κ3) is 10.3. The lowest BCUT2D eigenvalue weighted by molar-refractivity contribution is -0.125. The topological polar surface area (TPSA) is 98.7 Å². The highest BCUT2D eigenvalue weighted by Crippen LogP contribution is 2.29. The highest BCUT2D eigenvalue weighted by Gasteiger charge is 2.25. The Labute approximate surface area is 210 Å². The Kier molecular flexibility index (Phi) is 12.8. The van der Waals surface area contributed by atoms with Gasteiger partial charge in [-0.3, -0.25) is 14.6 Å². The van der Waals surface area contributed by atoms with Crippen LogP contribution in [0.2, 0.25) is 10.0 Å². The fraction of sp³-hybridized carbons (Fsp3) is 0.550. The predicted molar refractivity (Wildman–Crippen MR) is 131 cm³/mol. The van der Waals surface area contributed by atoms with Crippen molar-refractivity contribution in [3.8, 4) is 0 Å². The SMILES string of the molecule is CC1CN(c2ccc(Cl)c(Cl)c2)N=C1NC(=O)COCCOCCOCCOCC(=O)I. The van der Waals surface area contributed by atoms with Gasteiger partial charge in [0.2, 0.25) is 3.79 Å². The van der Waals surface area contributed by atoms with E-state index in [-0.39, 0.29) is 35.4 Å². The number of carbonyl (C=O) groups is 2. The molecular formula is C20H26Cl2IN3O6. The lowest BCUT2D eigenvalue weighted by Crippen LogP contribution is -2.36. The van der Waals surface area contributed by atoms with Crippen LogP contribution in [0.5, 0.6) is 0 Å². The molecule has 1 aliphatic heterocycles. The highest BCUT2D eigenvalue weighted by atomic mass is 127. The maximum atomic E-state index is 12.1. The molecule has 1 amide bonds. The van der Waals surface area contributed by atoms with Crippen LogP contribution in [-0.2, 0) is 28.5 Å². The molecule has 32 heavy (non-hydrogen) atoms. The molecule has 1 atom stereocenters. The van der Waals surface area contributed by atoms with Crippen molar-refractivity contribution in [1.82, 2.24) is 5.32 Å². The molecule has 0 radical (unpaired) electrons. The van der Waals surface area contributed by atoms with Crippen molar-refractivity contribution in [2.24, 2.45) is 11.0 Å². The van der Waals surface area contributed by atoms with Gasteiger partial charge in [0.15, 0.2) is 0 Å². The van der Waals surface area contributed by atoms with Crippen LogP contribution >= 0.6 is 45.8 Å². The number of hydrogen-bond donors (Lipinski definition) is 1. The summed E-state index contributed by atoms with van der Waals surface area (Å²) in [7, 11) is 0. The standard InChI is InChI=1S/C20H26Cl2IN3O6/c1-14-11-26(15-2-3-16(21)17(22)10-15)25-20(14)24-19(28)13-32-9-7-30-5-4-29-6-8-31-12-18(23)27/h2-3,10,14H,4-9,11-13H2,1H3,(H,24,25,28). The Balaban J connectivity index is 1.54. The van der Waals surface area contributed by atoms with Crippen molar-refractivity contribution in [1.29, 1.82) is 0 Å². The zero-order valence-corrected chi connectivity index (χ0v) is 21.3. The van der Waals surface area contributed by atoms with E-state index in [1.54, 1.807) is 39.7 Å². The van der Waals surface area contributed by atoms with Gasteiger partial charge in [0, 0.05) is 28.5 Å². The molecule has 1 N–H and O–H groups in total. The minimum Gasteiger partial charge on any atom is -0.377 e. The number of halogens is 3. The number of carbonyl (C=O) groups excluding carboxylic acids is 2. The maximum absolute atomic E-state index is 12.1. The summed E-state index contributed by atoms with van der Waals surface area (Å²) in [6, 6.07) is 5.27. The van der Waals surface area contributed by atoms with Gasteiger partial charge >= 0.3 is 0 Å². The zero-order chi connectivity index (χ0) is 23.3. The van der Waals surface area contributed by atoms with Gasteiger partial charge in [-0.1, -0.05) is 30.1 Å². The predicted octanol–water partition coefficient (Wildman–Crippen LogP) is 2.91. The summed E-state index contributed by atoms with van der Waals surface area (Å²) in [5.74, 6) is 0.342. The second kappa shape index (κ2) is 15.0. The molecule has 1 heterocycles. The molecule has 2 rings (SSSR count). The lowest BCUT2D eigenvalue weighted by atomic mass is 10.1. The summed E-state index contributed by atoms with van der Waals surface area (Å²) >= 11 is 13.7. The van der Waals surface area contributed by atoms with Crippen LogP contribution in [-0.4, -0.2) is 74.9 Å². The molecule has 0 saturated heterocycles. The Morgan fingerprint density at radius 2 is 1.62 bits per heavy atom. The number of hydrogen-bond acceptors (Lipinski definition) is 8. The van der Waals surface area contributed by atoms with Crippen LogP contribution in [0.1, 0.15) is 6.92 Å². The molecule has 0 fully saturated rings. The summed E-state index contributed by atoms with van der Waals surface area (Å²) in [6.45, 7) is 4.80. The van der Waals surface area contributed by atoms with Crippen molar-refractivity contribution < 1.29 is 28.5 Å². The smallest absolute Gasteiger partial charge is 0.251 e. The van der Waals surface area contributed by atoms with Crippen molar-refractivity contribution in [2.75, 3.05) is 64.4 Å². The molecule has 178 valence electrons. The quantitative estimate of drug-likeness (QED) is 0.199.